The van der Waals surface area contributed by atoms with Crippen LogP contribution in [-0.4, -0.2) is 17.3 Å². The molecule has 3 heteroatoms. The van der Waals surface area contributed by atoms with Crippen LogP contribution in [0.15, 0.2) is 0 Å². The number of alkyl halides is 1. The van der Waals surface area contributed by atoms with E-state index in [-0.39, 0.29) is 5.91 Å². The topological polar surface area (TPSA) is 29.1 Å². The summed E-state index contributed by atoms with van der Waals surface area (Å²) in [5.74, 6) is 0.157. The summed E-state index contributed by atoms with van der Waals surface area (Å²) in [6, 6.07) is 0.332. The van der Waals surface area contributed by atoms with E-state index in [2.05, 4.69) is 35.1 Å². The first-order chi connectivity index (χ1) is 6.70. The zero-order valence-corrected chi connectivity index (χ0v) is 10.9. The summed E-state index contributed by atoms with van der Waals surface area (Å²) in [6.45, 7) is 4.29. The lowest BCUT2D eigenvalue weighted by molar-refractivity contribution is -0.121. The molecule has 1 unspecified atom stereocenters. The van der Waals surface area contributed by atoms with Gasteiger partial charge >= 0.3 is 0 Å². The maximum Gasteiger partial charge on any atom is 0.221 e. The van der Waals surface area contributed by atoms with Gasteiger partial charge in [0.05, 0.1) is 0 Å². The Morgan fingerprint density at radius 2 is 2.07 bits per heavy atom. The van der Waals surface area contributed by atoms with Crippen LogP contribution >= 0.6 is 15.9 Å². The second kappa shape index (κ2) is 9.50. The predicted octanol–water partition coefficient (Wildman–Crippen LogP) is 3.25. The Hall–Kier alpha value is -0.0500. The molecule has 0 fully saturated rings. The Kier molecular flexibility index (Phi) is 9.47. The predicted molar refractivity (Wildman–Crippen MR) is 64.8 cm³/mol. The van der Waals surface area contributed by atoms with Crippen LogP contribution in [0.1, 0.15) is 52.4 Å². The largest absolute Gasteiger partial charge is 0.354 e. The molecule has 0 aromatic rings. The molecule has 1 amide bonds. The zero-order chi connectivity index (χ0) is 10.8. The number of hydrogen-bond acceptors (Lipinski definition) is 1. The minimum absolute atomic E-state index is 0.157. The van der Waals surface area contributed by atoms with Gasteiger partial charge in [-0.25, -0.2) is 0 Å². The van der Waals surface area contributed by atoms with Gasteiger partial charge in [-0.05, 0) is 13.3 Å². The van der Waals surface area contributed by atoms with E-state index < -0.39 is 0 Å². The standard InChI is InChI=1S/C11H22BrNO/c1-3-4-5-6-7-10(2)13-11(14)8-9-12/h10H,3-9H2,1-2H3,(H,13,14). The Labute approximate surface area is 96.0 Å². The van der Waals surface area contributed by atoms with Crippen molar-refractivity contribution >= 4 is 21.8 Å². The molecular weight excluding hydrogens is 242 g/mol. The van der Waals surface area contributed by atoms with Gasteiger partial charge in [0.1, 0.15) is 0 Å². The number of carbonyl (C=O) groups is 1. The molecule has 0 aliphatic carbocycles. The van der Waals surface area contributed by atoms with Crippen LogP contribution < -0.4 is 5.32 Å². The first-order valence-corrected chi connectivity index (χ1v) is 6.68. The lowest BCUT2D eigenvalue weighted by atomic mass is 10.1. The SMILES string of the molecule is CCCCCCC(C)NC(=O)CCBr. The van der Waals surface area contributed by atoms with E-state index in [4.69, 9.17) is 0 Å². The average molecular weight is 264 g/mol. The molecule has 0 heterocycles. The van der Waals surface area contributed by atoms with Crippen LogP contribution in [0.2, 0.25) is 0 Å². The highest BCUT2D eigenvalue weighted by Gasteiger charge is 2.05. The molecule has 1 atom stereocenters. The monoisotopic (exact) mass is 263 g/mol. The lowest BCUT2D eigenvalue weighted by Crippen LogP contribution is -2.32. The molecular formula is C11H22BrNO. The summed E-state index contributed by atoms with van der Waals surface area (Å²) in [6.07, 6.45) is 6.78. The first-order valence-electron chi connectivity index (χ1n) is 5.56. The van der Waals surface area contributed by atoms with Crippen molar-refractivity contribution in [2.24, 2.45) is 0 Å². The van der Waals surface area contributed by atoms with Crippen molar-refractivity contribution in [1.82, 2.24) is 5.32 Å². The maximum atomic E-state index is 11.2. The van der Waals surface area contributed by atoms with Gasteiger partial charge in [0.25, 0.3) is 0 Å². The highest BCUT2D eigenvalue weighted by molar-refractivity contribution is 9.09. The minimum Gasteiger partial charge on any atom is -0.354 e. The maximum absolute atomic E-state index is 11.2. The molecule has 0 saturated carbocycles. The van der Waals surface area contributed by atoms with Crippen molar-refractivity contribution in [3.8, 4) is 0 Å². The summed E-state index contributed by atoms with van der Waals surface area (Å²) < 4.78 is 0. The highest BCUT2D eigenvalue weighted by Crippen LogP contribution is 2.05. The van der Waals surface area contributed by atoms with Crippen LogP contribution in [-0.2, 0) is 4.79 Å². The van der Waals surface area contributed by atoms with E-state index in [1.165, 1.54) is 25.7 Å². The third kappa shape index (κ3) is 8.54. The van der Waals surface area contributed by atoms with Gasteiger partial charge in [-0.15, -0.1) is 0 Å². The molecule has 0 aromatic heterocycles. The number of carbonyl (C=O) groups excluding carboxylic acids is 1. The van der Waals surface area contributed by atoms with Gasteiger partial charge in [0.15, 0.2) is 0 Å². The fourth-order valence-electron chi connectivity index (χ4n) is 1.38. The number of halogens is 1. The minimum atomic E-state index is 0.157. The molecule has 0 saturated heterocycles. The van der Waals surface area contributed by atoms with Gasteiger partial charge in [0.2, 0.25) is 5.91 Å². The van der Waals surface area contributed by atoms with Gasteiger partial charge in [0, 0.05) is 17.8 Å². The molecule has 0 radical (unpaired) electrons. The fourth-order valence-corrected chi connectivity index (χ4v) is 1.74. The van der Waals surface area contributed by atoms with Gasteiger partial charge in [-0.1, -0.05) is 48.5 Å². The van der Waals surface area contributed by atoms with E-state index in [9.17, 15) is 4.79 Å². The second-order valence-corrected chi connectivity index (χ2v) is 4.55. The fraction of sp³-hybridized carbons (Fsp3) is 0.909. The number of nitrogens with one attached hydrogen (secondary N) is 1. The van der Waals surface area contributed by atoms with E-state index in [0.717, 1.165) is 11.8 Å². The summed E-state index contributed by atoms with van der Waals surface area (Å²) >= 11 is 3.25. The third-order valence-electron chi connectivity index (χ3n) is 2.22. The van der Waals surface area contributed by atoms with Crippen molar-refractivity contribution in [3.05, 3.63) is 0 Å². The number of amides is 1. The molecule has 0 rings (SSSR count). The zero-order valence-electron chi connectivity index (χ0n) is 9.31. The number of hydrogen-bond donors (Lipinski definition) is 1. The molecule has 2 nitrogen and oxygen atoms in total. The van der Waals surface area contributed by atoms with Crippen LogP contribution in [0, 0.1) is 0 Å². The van der Waals surface area contributed by atoms with E-state index in [1.807, 2.05) is 0 Å². The van der Waals surface area contributed by atoms with Crippen LogP contribution in [0.25, 0.3) is 0 Å². The van der Waals surface area contributed by atoms with Gasteiger partial charge in [-0.3, -0.25) is 4.79 Å². The van der Waals surface area contributed by atoms with Crippen molar-refractivity contribution in [1.29, 1.82) is 0 Å². The molecule has 0 spiro atoms. The normalized spacial score (nSPS) is 12.5. The first kappa shape index (κ1) is 13.9. The van der Waals surface area contributed by atoms with Gasteiger partial charge in [-0.2, -0.15) is 0 Å². The average Bonchev–Trinajstić information content (AvgIpc) is 2.13. The van der Waals surface area contributed by atoms with Crippen molar-refractivity contribution < 1.29 is 4.79 Å². The van der Waals surface area contributed by atoms with Crippen molar-refractivity contribution in [2.75, 3.05) is 5.33 Å². The molecule has 1 N–H and O–H groups in total. The van der Waals surface area contributed by atoms with Crippen LogP contribution in [0.4, 0.5) is 0 Å². The Morgan fingerprint density at radius 1 is 1.36 bits per heavy atom. The molecule has 14 heavy (non-hydrogen) atoms. The molecule has 84 valence electrons. The molecule has 0 aromatic carbocycles. The van der Waals surface area contributed by atoms with Gasteiger partial charge < -0.3 is 5.32 Å². The van der Waals surface area contributed by atoms with Crippen LogP contribution in [0.3, 0.4) is 0 Å². The van der Waals surface area contributed by atoms with Crippen LogP contribution in [0.5, 0.6) is 0 Å². The Balaban J connectivity index is 3.35. The number of rotatable bonds is 8. The summed E-state index contributed by atoms with van der Waals surface area (Å²) in [7, 11) is 0. The van der Waals surface area contributed by atoms with E-state index >= 15 is 0 Å². The number of unbranched alkanes of at least 4 members (excludes halogenated alkanes) is 3. The quantitative estimate of drug-likeness (QED) is 0.529. The third-order valence-corrected chi connectivity index (χ3v) is 2.62. The smallest absolute Gasteiger partial charge is 0.221 e. The van der Waals surface area contributed by atoms with E-state index in [0.29, 0.717) is 12.5 Å². The van der Waals surface area contributed by atoms with Crippen molar-refractivity contribution in [3.63, 3.8) is 0 Å². The second-order valence-electron chi connectivity index (χ2n) is 3.76. The molecule has 0 bridgehead atoms. The Morgan fingerprint density at radius 3 is 2.64 bits per heavy atom. The summed E-state index contributed by atoms with van der Waals surface area (Å²) in [4.78, 5) is 11.2. The van der Waals surface area contributed by atoms with Crippen molar-refractivity contribution in [2.45, 2.75) is 58.4 Å². The Bertz CT molecular complexity index is 150. The molecule has 0 aliphatic rings. The summed E-state index contributed by atoms with van der Waals surface area (Å²) in [5.41, 5.74) is 0. The highest BCUT2D eigenvalue weighted by atomic mass is 79.9. The molecule has 0 aliphatic heterocycles. The lowest BCUT2D eigenvalue weighted by Gasteiger charge is -2.12. The summed E-state index contributed by atoms with van der Waals surface area (Å²) in [5, 5.41) is 3.74. The van der Waals surface area contributed by atoms with E-state index in [1.54, 1.807) is 0 Å².